The van der Waals surface area contributed by atoms with Crippen molar-refractivity contribution in [2.75, 3.05) is 12.0 Å². The molecular formula is C5H12N2O3S. The highest BCUT2D eigenvalue weighted by Gasteiger charge is 2.09. The second-order valence-corrected chi connectivity index (χ2v) is 4.93. The van der Waals surface area contributed by atoms with Gasteiger partial charge in [-0.15, -0.1) is 0 Å². The Labute approximate surface area is 65.6 Å². The summed E-state index contributed by atoms with van der Waals surface area (Å²) in [5.41, 5.74) is 3.27. The summed E-state index contributed by atoms with van der Waals surface area (Å²) in [6, 6.07) is -0.860. The maximum atomic E-state index is 10.7. The van der Waals surface area contributed by atoms with Crippen LogP contribution in [0.1, 0.15) is 6.42 Å². The third-order valence-electron chi connectivity index (χ3n) is 1.19. The van der Waals surface area contributed by atoms with Gasteiger partial charge in [-0.1, -0.05) is 0 Å². The Bertz CT molecular complexity index is 234. The number of rotatable bonds is 4. The number of hydrogen-bond donors (Lipinski definition) is 2. The molecule has 66 valence electrons. The van der Waals surface area contributed by atoms with E-state index in [1.807, 2.05) is 0 Å². The molecule has 0 saturated carbocycles. The second-order valence-electron chi connectivity index (χ2n) is 2.51. The van der Waals surface area contributed by atoms with Crippen molar-refractivity contribution in [3.63, 3.8) is 0 Å². The second kappa shape index (κ2) is 3.68. The van der Waals surface area contributed by atoms with Crippen molar-refractivity contribution in [2.24, 2.45) is 0 Å². The molecule has 0 aromatic heterocycles. The number of carbonyl (C=O) groups is 1. The highest BCUT2D eigenvalue weighted by Crippen LogP contribution is 1.91. The van der Waals surface area contributed by atoms with E-state index in [0.717, 1.165) is 0 Å². The standard InChI is InChI=1S/C5H12N2O3S/c1-11(7,10)3-2-4(6)5(8)9/h4,7H,2-3,6H2,1H3,(H,8,9)/t4-,11?/m1/s1. The molecule has 0 aliphatic rings. The molecule has 0 saturated heterocycles. The molecule has 0 heterocycles. The highest BCUT2D eigenvalue weighted by molar-refractivity contribution is 7.91. The highest BCUT2D eigenvalue weighted by atomic mass is 32.2. The van der Waals surface area contributed by atoms with Crippen molar-refractivity contribution >= 4 is 15.7 Å². The molecule has 2 atom stereocenters. The molecule has 0 aliphatic carbocycles. The SMILES string of the molecule is CS(=N)(=O)CC[C@@H]([NH3+])C(=O)[O-]. The van der Waals surface area contributed by atoms with E-state index in [1.54, 1.807) is 0 Å². The van der Waals surface area contributed by atoms with Crippen LogP contribution in [0.3, 0.4) is 0 Å². The van der Waals surface area contributed by atoms with Crippen LogP contribution in [0.25, 0.3) is 0 Å². The molecule has 1 unspecified atom stereocenters. The zero-order valence-electron chi connectivity index (χ0n) is 6.33. The van der Waals surface area contributed by atoms with Gasteiger partial charge in [-0.2, -0.15) is 0 Å². The summed E-state index contributed by atoms with van der Waals surface area (Å²) < 4.78 is 17.7. The molecule has 0 fully saturated rings. The van der Waals surface area contributed by atoms with Crippen LogP contribution in [0.2, 0.25) is 0 Å². The van der Waals surface area contributed by atoms with Gasteiger partial charge in [0.2, 0.25) is 0 Å². The summed E-state index contributed by atoms with van der Waals surface area (Å²) in [5, 5.41) is 10.1. The Morgan fingerprint density at radius 3 is 2.55 bits per heavy atom. The van der Waals surface area contributed by atoms with Crippen LogP contribution in [0.4, 0.5) is 0 Å². The summed E-state index contributed by atoms with van der Waals surface area (Å²) in [6.07, 6.45) is 1.41. The Kier molecular flexibility index (Phi) is 3.47. The van der Waals surface area contributed by atoms with E-state index in [1.165, 1.54) is 6.26 Å². The van der Waals surface area contributed by atoms with E-state index in [0.29, 0.717) is 0 Å². The van der Waals surface area contributed by atoms with E-state index in [9.17, 15) is 14.1 Å². The Balaban J connectivity index is 3.82. The van der Waals surface area contributed by atoms with E-state index in [-0.39, 0.29) is 12.2 Å². The van der Waals surface area contributed by atoms with E-state index in [2.05, 4.69) is 5.73 Å². The molecule has 0 aromatic carbocycles. The minimum atomic E-state index is -2.58. The van der Waals surface area contributed by atoms with Gasteiger partial charge in [0.15, 0.2) is 0 Å². The number of carboxylic acids is 1. The smallest absolute Gasteiger partial charge is 0.125 e. The first-order valence-electron chi connectivity index (χ1n) is 3.08. The molecule has 0 bridgehead atoms. The van der Waals surface area contributed by atoms with Crippen molar-refractivity contribution in [2.45, 2.75) is 12.5 Å². The van der Waals surface area contributed by atoms with Gasteiger partial charge in [-0.25, -0.2) is 0 Å². The topological polar surface area (TPSA) is 109 Å². The van der Waals surface area contributed by atoms with Crippen molar-refractivity contribution in [3.05, 3.63) is 0 Å². The monoisotopic (exact) mass is 180 g/mol. The average Bonchev–Trinajstić information content (AvgIpc) is 1.80. The first-order chi connectivity index (χ1) is 4.83. The van der Waals surface area contributed by atoms with E-state index >= 15 is 0 Å². The number of carbonyl (C=O) groups excluding carboxylic acids is 1. The lowest BCUT2D eigenvalue weighted by molar-refractivity contribution is -0.437. The molecule has 0 radical (unpaired) electrons. The molecule has 0 spiro atoms. The fraction of sp³-hybridized carbons (Fsp3) is 0.800. The molecule has 0 aromatic rings. The Morgan fingerprint density at radius 2 is 2.27 bits per heavy atom. The lowest BCUT2D eigenvalue weighted by Crippen LogP contribution is -2.68. The molecule has 5 nitrogen and oxygen atoms in total. The van der Waals surface area contributed by atoms with Crippen molar-refractivity contribution in [3.8, 4) is 0 Å². The number of quaternary nitrogens is 1. The summed E-state index contributed by atoms with van der Waals surface area (Å²) >= 11 is 0. The Hall–Kier alpha value is -0.620. The number of carboxylic acid groups (broad SMARTS) is 1. The van der Waals surface area contributed by atoms with Crippen LogP contribution in [0.15, 0.2) is 0 Å². The van der Waals surface area contributed by atoms with Crippen LogP contribution < -0.4 is 10.8 Å². The predicted molar refractivity (Wildman–Crippen MR) is 38.0 cm³/mol. The van der Waals surface area contributed by atoms with E-state index in [4.69, 9.17) is 4.78 Å². The Morgan fingerprint density at radius 1 is 1.82 bits per heavy atom. The van der Waals surface area contributed by atoms with Gasteiger partial charge in [-0.05, 0) is 0 Å². The maximum Gasteiger partial charge on any atom is 0.125 e. The van der Waals surface area contributed by atoms with Gasteiger partial charge in [0.25, 0.3) is 0 Å². The lowest BCUT2D eigenvalue weighted by Gasteiger charge is -2.08. The van der Waals surface area contributed by atoms with Crippen molar-refractivity contribution in [1.29, 1.82) is 4.78 Å². The quantitative estimate of drug-likeness (QED) is 0.495. The summed E-state index contributed by atoms with van der Waals surface area (Å²) in [7, 11) is -2.58. The molecular weight excluding hydrogens is 168 g/mol. The predicted octanol–water partition coefficient (Wildman–Crippen LogP) is -2.59. The van der Waals surface area contributed by atoms with Gasteiger partial charge in [0.05, 0.1) is 5.97 Å². The minimum Gasteiger partial charge on any atom is -0.544 e. The van der Waals surface area contributed by atoms with Gasteiger partial charge < -0.3 is 15.6 Å². The van der Waals surface area contributed by atoms with Crippen LogP contribution in [-0.4, -0.2) is 28.2 Å². The van der Waals surface area contributed by atoms with Crippen LogP contribution in [0, 0.1) is 4.78 Å². The van der Waals surface area contributed by atoms with Crippen molar-refractivity contribution < 1.29 is 19.8 Å². The van der Waals surface area contributed by atoms with Gasteiger partial charge >= 0.3 is 0 Å². The summed E-state index contributed by atoms with van der Waals surface area (Å²) in [4.78, 5) is 10.1. The minimum absolute atomic E-state index is 0.0646. The molecule has 6 heteroatoms. The maximum absolute atomic E-state index is 10.7. The third-order valence-corrected chi connectivity index (χ3v) is 2.20. The van der Waals surface area contributed by atoms with Gasteiger partial charge in [0, 0.05) is 28.2 Å². The average molecular weight is 180 g/mol. The molecule has 11 heavy (non-hydrogen) atoms. The van der Waals surface area contributed by atoms with Crippen LogP contribution in [0.5, 0.6) is 0 Å². The summed E-state index contributed by atoms with van der Waals surface area (Å²) in [6.45, 7) is 0. The van der Waals surface area contributed by atoms with Crippen LogP contribution in [-0.2, 0) is 14.5 Å². The van der Waals surface area contributed by atoms with Gasteiger partial charge in [0.1, 0.15) is 6.04 Å². The lowest BCUT2D eigenvalue weighted by atomic mass is 10.2. The van der Waals surface area contributed by atoms with Crippen LogP contribution >= 0.6 is 0 Å². The fourth-order valence-electron chi connectivity index (χ4n) is 0.485. The first kappa shape index (κ1) is 10.4. The van der Waals surface area contributed by atoms with E-state index < -0.39 is 21.7 Å². The molecule has 0 aliphatic heterocycles. The largest absolute Gasteiger partial charge is 0.544 e. The normalized spacial score (nSPS) is 18.7. The number of aliphatic carboxylic acids is 1. The zero-order chi connectivity index (χ0) is 9.07. The molecule has 0 rings (SSSR count). The third kappa shape index (κ3) is 5.81. The van der Waals surface area contributed by atoms with Gasteiger partial charge in [-0.3, -0.25) is 8.99 Å². The fourth-order valence-corrected chi connectivity index (χ4v) is 1.22. The molecule has 0 amide bonds. The number of hydrogen-bond acceptors (Lipinski definition) is 4. The number of nitrogens with one attached hydrogen (secondary N) is 1. The zero-order valence-corrected chi connectivity index (χ0v) is 7.15. The summed E-state index contributed by atoms with van der Waals surface area (Å²) in [5.74, 6) is -1.19. The first-order valence-corrected chi connectivity index (χ1v) is 5.22. The molecule has 4 N–H and O–H groups in total. The van der Waals surface area contributed by atoms with Crippen molar-refractivity contribution in [1.82, 2.24) is 0 Å².